The Balaban J connectivity index is 2.49. The summed E-state index contributed by atoms with van der Waals surface area (Å²) in [5.74, 6) is 0.571. The molecule has 0 fully saturated rings. The van der Waals surface area contributed by atoms with Gasteiger partial charge in [-0.05, 0) is 36.1 Å². The average molecular weight is 238 g/mol. The lowest BCUT2D eigenvalue weighted by Crippen LogP contribution is -2.12. The number of nitrogens with one attached hydrogen (secondary N) is 1. The van der Waals surface area contributed by atoms with Gasteiger partial charge in [0.25, 0.3) is 0 Å². The highest BCUT2D eigenvalue weighted by Gasteiger charge is 2.17. The summed E-state index contributed by atoms with van der Waals surface area (Å²) < 4.78 is 1.15. The van der Waals surface area contributed by atoms with Crippen molar-refractivity contribution >= 4 is 21.6 Å². The van der Waals surface area contributed by atoms with E-state index < -0.39 is 0 Å². The minimum Gasteiger partial charge on any atom is -0.359 e. The maximum absolute atomic E-state index is 3.96. The highest BCUT2D eigenvalue weighted by atomic mass is 79.9. The molecule has 0 spiro atoms. The van der Waals surface area contributed by atoms with Gasteiger partial charge in [-0.3, -0.25) is 0 Å². The van der Waals surface area contributed by atoms with Crippen molar-refractivity contribution in [1.29, 1.82) is 0 Å². The Morgan fingerprint density at radius 3 is 3.08 bits per heavy atom. The molecule has 0 bridgehead atoms. The van der Waals surface area contributed by atoms with Crippen LogP contribution in [0.1, 0.15) is 24.8 Å². The van der Waals surface area contributed by atoms with Gasteiger partial charge in [0.1, 0.15) is 0 Å². The Labute approximate surface area is 87.0 Å². The minimum atomic E-state index is 0.571. The lowest BCUT2D eigenvalue weighted by atomic mass is 9.91. The fourth-order valence-corrected chi connectivity index (χ4v) is 2.15. The maximum atomic E-state index is 3.96. The first-order valence-electron chi connectivity index (χ1n) is 4.41. The van der Waals surface area contributed by atoms with Crippen LogP contribution in [0.3, 0.4) is 0 Å². The first kappa shape index (κ1) is 8.82. The summed E-state index contributed by atoms with van der Waals surface area (Å²) in [7, 11) is 0. The normalized spacial score (nSPS) is 20.8. The molecule has 68 valence electrons. The quantitative estimate of drug-likeness (QED) is 0.723. The summed E-state index contributed by atoms with van der Waals surface area (Å²) in [6.07, 6.45) is 1.03. The van der Waals surface area contributed by atoms with Crippen molar-refractivity contribution in [2.24, 2.45) is 0 Å². The van der Waals surface area contributed by atoms with Gasteiger partial charge in [-0.1, -0.05) is 29.4 Å². The molecule has 1 heterocycles. The highest BCUT2D eigenvalue weighted by molar-refractivity contribution is 9.10. The third-order valence-corrected chi connectivity index (χ3v) is 2.90. The van der Waals surface area contributed by atoms with Crippen LogP contribution >= 0.6 is 15.9 Å². The van der Waals surface area contributed by atoms with E-state index in [4.69, 9.17) is 0 Å². The molecular weight excluding hydrogens is 226 g/mol. The molecule has 13 heavy (non-hydrogen) atoms. The van der Waals surface area contributed by atoms with Crippen LogP contribution in [0.15, 0.2) is 34.9 Å². The van der Waals surface area contributed by atoms with Gasteiger partial charge in [0, 0.05) is 15.9 Å². The smallest absolute Gasteiger partial charge is 0.0417 e. The fraction of sp³-hybridized carbons (Fsp3) is 0.273. The Morgan fingerprint density at radius 1 is 1.54 bits per heavy atom. The van der Waals surface area contributed by atoms with E-state index in [1.807, 2.05) is 0 Å². The zero-order valence-electron chi connectivity index (χ0n) is 7.60. The summed E-state index contributed by atoms with van der Waals surface area (Å²) in [4.78, 5) is 0. The van der Waals surface area contributed by atoms with Crippen molar-refractivity contribution in [2.75, 3.05) is 5.32 Å². The molecule has 0 aliphatic carbocycles. The number of anilines is 1. The molecule has 2 heteroatoms. The topological polar surface area (TPSA) is 12.0 Å². The van der Waals surface area contributed by atoms with Crippen molar-refractivity contribution in [1.82, 2.24) is 0 Å². The standard InChI is InChI=1S/C11H12BrN/c1-7-5-8(2)13-11-4-3-9(12)6-10(7)11/h3-4,6-7,13H,2,5H2,1H3. The van der Waals surface area contributed by atoms with E-state index in [9.17, 15) is 0 Å². The number of allylic oxidation sites excluding steroid dienone is 1. The van der Waals surface area contributed by atoms with Gasteiger partial charge in [0.05, 0.1) is 0 Å². The van der Waals surface area contributed by atoms with Crippen molar-refractivity contribution < 1.29 is 0 Å². The van der Waals surface area contributed by atoms with E-state index in [-0.39, 0.29) is 0 Å². The third kappa shape index (κ3) is 1.63. The van der Waals surface area contributed by atoms with Crippen LogP contribution in [-0.4, -0.2) is 0 Å². The number of hydrogen-bond acceptors (Lipinski definition) is 1. The Bertz CT molecular complexity index is 357. The van der Waals surface area contributed by atoms with Crippen LogP contribution < -0.4 is 5.32 Å². The van der Waals surface area contributed by atoms with Crippen LogP contribution in [0.4, 0.5) is 5.69 Å². The molecule has 0 amide bonds. The number of halogens is 1. The van der Waals surface area contributed by atoms with Gasteiger partial charge in [-0.2, -0.15) is 0 Å². The van der Waals surface area contributed by atoms with E-state index in [1.54, 1.807) is 0 Å². The molecule has 1 aromatic carbocycles. The SMILES string of the molecule is C=C1CC(C)c2cc(Br)ccc2N1. The number of hydrogen-bond donors (Lipinski definition) is 1. The van der Waals surface area contributed by atoms with E-state index in [1.165, 1.54) is 11.3 Å². The molecule has 1 N–H and O–H groups in total. The molecule has 1 unspecified atom stereocenters. The molecule has 2 rings (SSSR count). The van der Waals surface area contributed by atoms with E-state index in [0.717, 1.165) is 16.6 Å². The zero-order chi connectivity index (χ0) is 9.42. The largest absolute Gasteiger partial charge is 0.359 e. The van der Waals surface area contributed by atoms with Crippen LogP contribution in [0.25, 0.3) is 0 Å². The Morgan fingerprint density at radius 2 is 2.31 bits per heavy atom. The number of rotatable bonds is 0. The highest BCUT2D eigenvalue weighted by Crippen LogP contribution is 2.36. The van der Waals surface area contributed by atoms with E-state index in [2.05, 4.69) is 52.9 Å². The van der Waals surface area contributed by atoms with Gasteiger partial charge in [-0.25, -0.2) is 0 Å². The maximum Gasteiger partial charge on any atom is 0.0417 e. The van der Waals surface area contributed by atoms with Gasteiger partial charge in [0.2, 0.25) is 0 Å². The van der Waals surface area contributed by atoms with E-state index in [0.29, 0.717) is 5.92 Å². The fourth-order valence-electron chi connectivity index (χ4n) is 1.78. The van der Waals surface area contributed by atoms with Crippen LogP contribution in [0.5, 0.6) is 0 Å². The predicted molar refractivity (Wildman–Crippen MR) is 59.9 cm³/mol. The Hall–Kier alpha value is -0.760. The summed E-state index contributed by atoms with van der Waals surface area (Å²) in [5.41, 5.74) is 3.69. The summed E-state index contributed by atoms with van der Waals surface area (Å²) in [6.45, 7) is 6.20. The number of fused-ring (bicyclic) bond motifs is 1. The van der Waals surface area contributed by atoms with Crippen molar-refractivity contribution in [3.8, 4) is 0 Å². The first-order chi connectivity index (χ1) is 6.16. The van der Waals surface area contributed by atoms with Gasteiger partial charge in [0.15, 0.2) is 0 Å². The second-order valence-electron chi connectivity index (χ2n) is 3.57. The number of benzene rings is 1. The molecule has 0 radical (unpaired) electrons. The molecule has 1 aliphatic heterocycles. The minimum absolute atomic E-state index is 0.571. The summed E-state index contributed by atoms with van der Waals surface area (Å²) >= 11 is 3.48. The zero-order valence-corrected chi connectivity index (χ0v) is 9.19. The first-order valence-corrected chi connectivity index (χ1v) is 5.20. The second-order valence-corrected chi connectivity index (χ2v) is 4.48. The predicted octanol–water partition coefficient (Wildman–Crippen LogP) is 3.88. The van der Waals surface area contributed by atoms with Crippen molar-refractivity contribution in [3.63, 3.8) is 0 Å². The molecule has 1 aliphatic rings. The summed E-state index contributed by atoms with van der Waals surface area (Å²) in [6, 6.07) is 6.33. The van der Waals surface area contributed by atoms with Gasteiger partial charge < -0.3 is 5.32 Å². The van der Waals surface area contributed by atoms with Crippen LogP contribution in [0.2, 0.25) is 0 Å². The molecule has 1 nitrogen and oxygen atoms in total. The van der Waals surface area contributed by atoms with Crippen LogP contribution in [-0.2, 0) is 0 Å². The lowest BCUT2D eigenvalue weighted by Gasteiger charge is -2.25. The summed E-state index contributed by atoms with van der Waals surface area (Å²) in [5, 5.41) is 3.30. The molecule has 0 saturated heterocycles. The van der Waals surface area contributed by atoms with Gasteiger partial charge in [-0.15, -0.1) is 0 Å². The molecular formula is C11H12BrN. The average Bonchev–Trinajstić information content (AvgIpc) is 2.06. The molecule has 0 aromatic heterocycles. The molecule has 1 atom stereocenters. The van der Waals surface area contributed by atoms with Crippen LogP contribution in [0, 0.1) is 0 Å². The van der Waals surface area contributed by atoms with Gasteiger partial charge >= 0.3 is 0 Å². The molecule has 1 aromatic rings. The second kappa shape index (κ2) is 3.18. The van der Waals surface area contributed by atoms with Crippen molar-refractivity contribution in [2.45, 2.75) is 19.3 Å². The van der Waals surface area contributed by atoms with Crippen molar-refractivity contribution in [3.05, 3.63) is 40.5 Å². The molecule has 0 saturated carbocycles. The van der Waals surface area contributed by atoms with E-state index >= 15 is 0 Å². The Kier molecular flexibility index (Phi) is 2.16. The third-order valence-electron chi connectivity index (χ3n) is 2.41. The lowest BCUT2D eigenvalue weighted by molar-refractivity contribution is 0.737. The monoisotopic (exact) mass is 237 g/mol.